The molecule has 5 nitrogen and oxygen atoms in total. The summed E-state index contributed by atoms with van der Waals surface area (Å²) in [7, 11) is 0. The fourth-order valence-electron chi connectivity index (χ4n) is 3.53. The maximum Gasteiger partial charge on any atom is 0.291 e. The number of carbonyl (C=O) groups is 1. The number of amides is 1. The van der Waals surface area contributed by atoms with Gasteiger partial charge in [-0.3, -0.25) is 9.69 Å². The molecule has 1 fully saturated rings. The molecule has 2 aromatic heterocycles. The Kier molecular flexibility index (Phi) is 6.27. The van der Waals surface area contributed by atoms with Gasteiger partial charge in [-0.05, 0) is 42.8 Å². The molecule has 1 aliphatic rings. The SMILES string of the molecule is Cc1cc([C@@H](c2ccc(Cl)cc2Cl)N2CCOCC2)c(NC(=O)c2ccco2)s1. The summed E-state index contributed by atoms with van der Waals surface area (Å²) < 4.78 is 10.8. The van der Waals surface area contributed by atoms with Crippen LogP contribution in [0.4, 0.5) is 5.00 Å². The van der Waals surface area contributed by atoms with E-state index in [0.717, 1.165) is 34.1 Å². The van der Waals surface area contributed by atoms with E-state index >= 15 is 0 Å². The number of benzene rings is 1. The third kappa shape index (κ3) is 4.52. The highest BCUT2D eigenvalue weighted by Crippen LogP contribution is 2.42. The lowest BCUT2D eigenvalue weighted by atomic mass is 9.97. The Morgan fingerprint density at radius 2 is 1.97 bits per heavy atom. The van der Waals surface area contributed by atoms with Gasteiger partial charge in [-0.2, -0.15) is 0 Å². The molecule has 0 radical (unpaired) electrons. The van der Waals surface area contributed by atoms with Crippen molar-refractivity contribution in [2.75, 3.05) is 31.6 Å². The van der Waals surface area contributed by atoms with Crippen molar-refractivity contribution < 1.29 is 13.9 Å². The number of carbonyl (C=O) groups excluding carboxylic acids is 1. The maximum absolute atomic E-state index is 12.6. The molecular formula is C21H20Cl2N2O3S. The molecule has 152 valence electrons. The zero-order valence-corrected chi connectivity index (χ0v) is 18.1. The molecule has 0 bridgehead atoms. The zero-order valence-electron chi connectivity index (χ0n) is 15.8. The molecule has 0 unspecified atom stereocenters. The molecule has 1 N–H and O–H groups in total. The standard InChI is InChI=1S/C21H20Cl2N2O3S/c1-13-11-16(21(29-13)24-20(26)18-3-2-8-28-18)19(25-6-9-27-10-7-25)15-5-4-14(22)12-17(15)23/h2-5,8,11-12,19H,6-7,9-10H2,1H3,(H,24,26)/t19-/m1/s1. The normalized spacial score (nSPS) is 16.0. The third-order valence-electron chi connectivity index (χ3n) is 4.82. The molecule has 3 aromatic rings. The number of nitrogens with one attached hydrogen (secondary N) is 1. The van der Waals surface area contributed by atoms with Gasteiger partial charge in [-0.25, -0.2) is 0 Å². The number of hydrogen-bond donors (Lipinski definition) is 1. The van der Waals surface area contributed by atoms with Gasteiger partial charge in [0, 0.05) is 33.6 Å². The number of thiophene rings is 1. The van der Waals surface area contributed by atoms with Crippen molar-refractivity contribution in [1.29, 1.82) is 0 Å². The van der Waals surface area contributed by atoms with Crippen molar-refractivity contribution in [1.82, 2.24) is 4.90 Å². The molecule has 0 spiro atoms. The number of halogens is 2. The van der Waals surface area contributed by atoms with Crippen LogP contribution in [0, 0.1) is 6.92 Å². The van der Waals surface area contributed by atoms with Crippen molar-refractivity contribution in [2.45, 2.75) is 13.0 Å². The molecule has 0 aliphatic carbocycles. The fraction of sp³-hybridized carbons (Fsp3) is 0.286. The summed E-state index contributed by atoms with van der Waals surface area (Å²) >= 11 is 14.3. The number of furan rings is 1. The Morgan fingerprint density at radius 1 is 1.17 bits per heavy atom. The van der Waals surface area contributed by atoms with Gasteiger partial charge >= 0.3 is 0 Å². The highest BCUT2D eigenvalue weighted by atomic mass is 35.5. The van der Waals surface area contributed by atoms with E-state index in [0.29, 0.717) is 23.3 Å². The third-order valence-corrected chi connectivity index (χ3v) is 6.36. The van der Waals surface area contributed by atoms with E-state index in [1.165, 1.54) is 17.6 Å². The van der Waals surface area contributed by atoms with Crippen LogP contribution in [0.1, 0.15) is 32.6 Å². The first-order valence-corrected chi connectivity index (χ1v) is 10.8. The molecule has 3 heterocycles. The van der Waals surface area contributed by atoms with Crippen LogP contribution in [-0.2, 0) is 4.74 Å². The van der Waals surface area contributed by atoms with Crippen LogP contribution in [0.2, 0.25) is 10.0 Å². The van der Waals surface area contributed by atoms with E-state index in [2.05, 4.69) is 16.3 Å². The predicted octanol–water partition coefficient (Wildman–Crippen LogP) is 5.63. The van der Waals surface area contributed by atoms with Crippen molar-refractivity contribution in [3.8, 4) is 0 Å². The molecule has 1 aliphatic heterocycles. The lowest BCUT2D eigenvalue weighted by Crippen LogP contribution is -2.39. The van der Waals surface area contributed by atoms with Gasteiger partial charge in [-0.15, -0.1) is 11.3 Å². The monoisotopic (exact) mass is 450 g/mol. The topological polar surface area (TPSA) is 54.7 Å². The molecule has 1 amide bonds. The predicted molar refractivity (Wildman–Crippen MR) is 116 cm³/mol. The van der Waals surface area contributed by atoms with Crippen LogP contribution in [0.5, 0.6) is 0 Å². The largest absolute Gasteiger partial charge is 0.459 e. The van der Waals surface area contributed by atoms with Crippen LogP contribution in [0.15, 0.2) is 47.1 Å². The Hall–Kier alpha value is -1.83. The van der Waals surface area contributed by atoms with E-state index in [1.54, 1.807) is 18.2 Å². The zero-order chi connectivity index (χ0) is 20.4. The number of nitrogens with zero attached hydrogens (tertiary/aromatic N) is 1. The van der Waals surface area contributed by atoms with Crippen LogP contribution in [-0.4, -0.2) is 37.1 Å². The van der Waals surface area contributed by atoms with E-state index in [1.807, 2.05) is 19.1 Å². The van der Waals surface area contributed by atoms with Gasteiger partial charge < -0.3 is 14.5 Å². The van der Waals surface area contributed by atoms with E-state index in [4.69, 9.17) is 32.4 Å². The van der Waals surface area contributed by atoms with Crippen LogP contribution in [0.3, 0.4) is 0 Å². The van der Waals surface area contributed by atoms with Gasteiger partial charge in [0.1, 0.15) is 5.00 Å². The Balaban J connectivity index is 1.75. The Labute approximate surface area is 183 Å². The van der Waals surface area contributed by atoms with E-state index in [9.17, 15) is 4.79 Å². The highest BCUT2D eigenvalue weighted by molar-refractivity contribution is 7.16. The van der Waals surface area contributed by atoms with Crippen LogP contribution < -0.4 is 5.32 Å². The minimum absolute atomic E-state index is 0.125. The number of rotatable bonds is 5. The summed E-state index contributed by atoms with van der Waals surface area (Å²) in [5, 5.41) is 4.98. The van der Waals surface area contributed by atoms with Crippen molar-refractivity contribution in [2.24, 2.45) is 0 Å². The second kappa shape index (κ2) is 8.90. The summed E-state index contributed by atoms with van der Waals surface area (Å²) in [5.41, 5.74) is 1.95. The smallest absolute Gasteiger partial charge is 0.291 e. The van der Waals surface area contributed by atoms with Gasteiger partial charge in [-0.1, -0.05) is 29.3 Å². The van der Waals surface area contributed by atoms with Gasteiger partial charge in [0.15, 0.2) is 5.76 Å². The summed E-state index contributed by atoms with van der Waals surface area (Å²) in [4.78, 5) is 16.0. The number of aryl methyl sites for hydroxylation is 1. The molecule has 1 aromatic carbocycles. The molecule has 1 saturated heterocycles. The van der Waals surface area contributed by atoms with Gasteiger partial charge in [0.2, 0.25) is 0 Å². The van der Waals surface area contributed by atoms with Gasteiger partial charge in [0.25, 0.3) is 5.91 Å². The van der Waals surface area contributed by atoms with Crippen LogP contribution >= 0.6 is 34.5 Å². The number of ether oxygens (including phenoxy) is 1. The van der Waals surface area contributed by atoms with Crippen LogP contribution in [0.25, 0.3) is 0 Å². The average Bonchev–Trinajstić information content (AvgIpc) is 3.35. The van der Waals surface area contributed by atoms with Crippen molar-refractivity contribution in [3.05, 3.63) is 74.5 Å². The minimum atomic E-state index is -0.277. The molecule has 0 saturated carbocycles. The molecule has 1 atom stereocenters. The average molecular weight is 451 g/mol. The number of anilines is 1. The molecular weight excluding hydrogens is 431 g/mol. The van der Waals surface area contributed by atoms with Gasteiger partial charge in [0.05, 0.1) is 25.5 Å². The maximum atomic E-state index is 12.6. The highest BCUT2D eigenvalue weighted by Gasteiger charge is 2.30. The second-order valence-corrected chi connectivity index (χ2v) is 8.89. The summed E-state index contributed by atoms with van der Waals surface area (Å²) in [6, 6.07) is 10.9. The Bertz CT molecular complexity index is 998. The fourth-order valence-corrected chi connectivity index (χ4v) is 4.98. The summed E-state index contributed by atoms with van der Waals surface area (Å²) in [6.45, 7) is 4.86. The first-order valence-electron chi connectivity index (χ1n) is 9.25. The summed E-state index contributed by atoms with van der Waals surface area (Å²) in [5.74, 6) is -0.00418. The first kappa shape index (κ1) is 20.4. The lowest BCUT2D eigenvalue weighted by Gasteiger charge is -2.35. The molecule has 4 rings (SSSR count). The van der Waals surface area contributed by atoms with E-state index in [-0.39, 0.29) is 17.7 Å². The quantitative estimate of drug-likeness (QED) is 0.546. The van der Waals surface area contributed by atoms with Crippen molar-refractivity contribution in [3.63, 3.8) is 0 Å². The minimum Gasteiger partial charge on any atom is -0.459 e. The Morgan fingerprint density at radius 3 is 2.66 bits per heavy atom. The molecule has 29 heavy (non-hydrogen) atoms. The van der Waals surface area contributed by atoms with E-state index < -0.39 is 0 Å². The molecule has 8 heteroatoms. The summed E-state index contributed by atoms with van der Waals surface area (Å²) in [6.07, 6.45) is 1.49. The lowest BCUT2D eigenvalue weighted by molar-refractivity contribution is 0.0241. The number of morpholine rings is 1. The van der Waals surface area contributed by atoms with Crippen molar-refractivity contribution >= 4 is 45.4 Å². The first-order chi connectivity index (χ1) is 14.0. The second-order valence-electron chi connectivity index (χ2n) is 6.79. The number of hydrogen-bond acceptors (Lipinski definition) is 5.